The van der Waals surface area contributed by atoms with Crippen LogP contribution < -0.4 is 5.56 Å². The molecule has 0 atom stereocenters. The van der Waals surface area contributed by atoms with E-state index in [9.17, 15) is 4.79 Å². The summed E-state index contributed by atoms with van der Waals surface area (Å²) in [4.78, 5) is 22.9. The number of rotatable bonds is 5. The second-order valence-corrected chi connectivity index (χ2v) is 6.71. The number of aromatic amines is 1. The molecular weight excluding hydrogens is 324 g/mol. The van der Waals surface area contributed by atoms with Gasteiger partial charge >= 0.3 is 0 Å². The number of aromatic nitrogens is 3. The van der Waals surface area contributed by atoms with Crippen molar-refractivity contribution in [2.75, 3.05) is 20.6 Å². The summed E-state index contributed by atoms with van der Waals surface area (Å²) < 4.78 is 1.75. The Bertz CT molecular complexity index is 926. The molecule has 0 aliphatic carbocycles. The molecule has 0 aliphatic heterocycles. The Labute approximate surface area is 145 Å². The third kappa shape index (κ3) is 3.37. The van der Waals surface area contributed by atoms with Crippen molar-refractivity contribution in [2.45, 2.75) is 19.9 Å². The van der Waals surface area contributed by atoms with Gasteiger partial charge in [-0.3, -0.25) is 9.36 Å². The summed E-state index contributed by atoms with van der Waals surface area (Å²) in [7, 11) is 4.05. The van der Waals surface area contributed by atoms with Gasteiger partial charge in [0.25, 0.3) is 5.56 Å². The highest BCUT2D eigenvalue weighted by molar-refractivity contribution is 6.30. The molecule has 6 heteroatoms. The number of hydrogen-bond donors (Lipinski definition) is 1. The maximum Gasteiger partial charge on any atom is 0.263 e. The smallest absolute Gasteiger partial charge is 0.263 e. The molecule has 1 aromatic carbocycles. The molecule has 0 saturated carbocycles. The molecule has 0 unspecified atom stereocenters. The molecule has 2 aromatic heterocycles. The van der Waals surface area contributed by atoms with Crippen LogP contribution in [0.5, 0.6) is 0 Å². The van der Waals surface area contributed by atoms with Gasteiger partial charge in [-0.25, -0.2) is 4.98 Å². The SMILES string of the molecule is Cc1cc2c(=O)n(CCCN(C)C)c(-c3cccc(Cl)c3)nc2[nH]1. The first-order valence-corrected chi connectivity index (χ1v) is 8.34. The fourth-order valence-electron chi connectivity index (χ4n) is 2.83. The Kier molecular flexibility index (Phi) is 4.73. The van der Waals surface area contributed by atoms with Gasteiger partial charge in [0.1, 0.15) is 11.5 Å². The monoisotopic (exact) mass is 344 g/mol. The standard InChI is InChI=1S/C18H21ClN4O/c1-12-10-15-16(20-12)21-17(13-6-4-7-14(19)11-13)23(18(15)24)9-5-8-22(2)3/h4,6-7,10-11,20H,5,8-9H2,1-3H3. The van der Waals surface area contributed by atoms with Gasteiger partial charge in [-0.2, -0.15) is 0 Å². The second-order valence-electron chi connectivity index (χ2n) is 6.27. The first-order valence-electron chi connectivity index (χ1n) is 7.96. The van der Waals surface area contributed by atoms with Crippen LogP contribution in [0.15, 0.2) is 35.1 Å². The van der Waals surface area contributed by atoms with Gasteiger partial charge in [0.05, 0.1) is 5.39 Å². The number of hydrogen-bond acceptors (Lipinski definition) is 3. The van der Waals surface area contributed by atoms with Gasteiger partial charge in [0, 0.05) is 22.8 Å². The first kappa shape index (κ1) is 16.7. The maximum atomic E-state index is 13.0. The molecule has 5 nitrogen and oxygen atoms in total. The van der Waals surface area contributed by atoms with Crippen molar-refractivity contribution in [1.82, 2.24) is 19.4 Å². The van der Waals surface area contributed by atoms with E-state index in [1.54, 1.807) is 4.57 Å². The zero-order chi connectivity index (χ0) is 17.3. The van der Waals surface area contributed by atoms with Crippen LogP contribution in [-0.4, -0.2) is 40.1 Å². The molecule has 2 heterocycles. The van der Waals surface area contributed by atoms with E-state index >= 15 is 0 Å². The van der Waals surface area contributed by atoms with Crippen LogP contribution in [0.1, 0.15) is 12.1 Å². The molecular formula is C18H21ClN4O. The fraction of sp³-hybridized carbons (Fsp3) is 0.333. The van der Waals surface area contributed by atoms with Crippen LogP contribution in [0.25, 0.3) is 22.4 Å². The van der Waals surface area contributed by atoms with Crippen LogP contribution in [0.2, 0.25) is 5.02 Å². The van der Waals surface area contributed by atoms with E-state index in [1.807, 2.05) is 51.4 Å². The van der Waals surface area contributed by atoms with Crippen molar-refractivity contribution in [3.05, 3.63) is 51.4 Å². The Morgan fingerprint density at radius 3 is 2.79 bits per heavy atom. The van der Waals surface area contributed by atoms with E-state index in [1.165, 1.54) is 0 Å². The van der Waals surface area contributed by atoms with Gasteiger partial charge in [-0.15, -0.1) is 0 Å². The highest BCUT2D eigenvalue weighted by atomic mass is 35.5. The Hall–Kier alpha value is -2.11. The molecule has 0 amide bonds. The second kappa shape index (κ2) is 6.79. The topological polar surface area (TPSA) is 53.9 Å². The third-order valence-corrected chi connectivity index (χ3v) is 4.19. The van der Waals surface area contributed by atoms with Gasteiger partial charge in [-0.1, -0.05) is 23.7 Å². The third-order valence-electron chi connectivity index (χ3n) is 3.95. The number of aryl methyl sites for hydroxylation is 1. The number of nitrogens with zero attached hydrogens (tertiary/aromatic N) is 3. The van der Waals surface area contributed by atoms with Crippen molar-refractivity contribution in [2.24, 2.45) is 0 Å². The summed E-state index contributed by atoms with van der Waals surface area (Å²) in [5.41, 5.74) is 2.38. The molecule has 0 radical (unpaired) electrons. The normalized spacial score (nSPS) is 11.5. The summed E-state index contributed by atoms with van der Waals surface area (Å²) in [6, 6.07) is 9.31. The average molecular weight is 345 g/mol. The molecule has 0 aliphatic rings. The zero-order valence-corrected chi connectivity index (χ0v) is 14.9. The predicted octanol–water partition coefficient (Wildman–Crippen LogP) is 3.31. The molecule has 1 N–H and O–H groups in total. The van der Waals surface area contributed by atoms with Crippen molar-refractivity contribution < 1.29 is 0 Å². The lowest BCUT2D eigenvalue weighted by atomic mass is 10.2. The predicted molar refractivity (Wildman–Crippen MR) is 98.7 cm³/mol. The molecule has 3 rings (SSSR count). The lowest BCUT2D eigenvalue weighted by Crippen LogP contribution is -2.25. The van der Waals surface area contributed by atoms with Crippen LogP contribution in [0.4, 0.5) is 0 Å². The molecule has 0 bridgehead atoms. The van der Waals surface area contributed by atoms with Crippen LogP contribution in [0, 0.1) is 6.92 Å². The van der Waals surface area contributed by atoms with Crippen molar-refractivity contribution in [3.8, 4) is 11.4 Å². The highest BCUT2D eigenvalue weighted by Crippen LogP contribution is 2.22. The fourth-order valence-corrected chi connectivity index (χ4v) is 3.02. The van der Waals surface area contributed by atoms with Crippen LogP contribution >= 0.6 is 11.6 Å². The number of nitrogens with one attached hydrogen (secondary N) is 1. The van der Waals surface area contributed by atoms with E-state index in [-0.39, 0.29) is 5.56 Å². The van der Waals surface area contributed by atoms with E-state index in [0.29, 0.717) is 28.4 Å². The van der Waals surface area contributed by atoms with E-state index in [4.69, 9.17) is 16.6 Å². The number of fused-ring (bicyclic) bond motifs is 1. The van der Waals surface area contributed by atoms with E-state index in [2.05, 4.69) is 9.88 Å². The minimum atomic E-state index is -0.0157. The average Bonchev–Trinajstić information content (AvgIpc) is 2.90. The highest BCUT2D eigenvalue weighted by Gasteiger charge is 2.14. The molecule has 3 aromatic rings. The Morgan fingerprint density at radius 2 is 2.08 bits per heavy atom. The lowest BCUT2D eigenvalue weighted by Gasteiger charge is -2.14. The summed E-state index contributed by atoms with van der Waals surface area (Å²) in [5.74, 6) is 0.649. The van der Waals surface area contributed by atoms with E-state index < -0.39 is 0 Å². The summed E-state index contributed by atoms with van der Waals surface area (Å²) in [6.07, 6.45) is 0.872. The quantitative estimate of drug-likeness (QED) is 0.772. The maximum absolute atomic E-state index is 13.0. The van der Waals surface area contributed by atoms with Crippen LogP contribution in [-0.2, 0) is 6.54 Å². The molecule has 0 fully saturated rings. The van der Waals surface area contributed by atoms with Gasteiger partial charge in [-0.05, 0) is 52.2 Å². The van der Waals surface area contributed by atoms with E-state index in [0.717, 1.165) is 24.2 Å². The summed E-state index contributed by atoms with van der Waals surface area (Å²) >= 11 is 6.13. The minimum absolute atomic E-state index is 0.0157. The summed E-state index contributed by atoms with van der Waals surface area (Å²) in [5, 5.41) is 1.26. The minimum Gasteiger partial charge on any atom is -0.343 e. The van der Waals surface area contributed by atoms with Crippen molar-refractivity contribution >= 4 is 22.6 Å². The molecule has 0 spiro atoms. The Balaban J connectivity index is 2.15. The molecule has 0 saturated heterocycles. The Morgan fingerprint density at radius 1 is 1.29 bits per heavy atom. The molecule has 24 heavy (non-hydrogen) atoms. The number of benzene rings is 1. The van der Waals surface area contributed by atoms with Crippen molar-refractivity contribution in [1.29, 1.82) is 0 Å². The largest absolute Gasteiger partial charge is 0.343 e. The number of H-pyrrole nitrogens is 1. The first-order chi connectivity index (χ1) is 11.5. The molecule has 126 valence electrons. The zero-order valence-electron chi connectivity index (χ0n) is 14.1. The van der Waals surface area contributed by atoms with Crippen LogP contribution in [0.3, 0.4) is 0 Å². The van der Waals surface area contributed by atoms with Gasteiger partial charge in [0.15, 0.2) is 0 Å². The summed E-state index contributed by atoms with van der Waals surface area (Å²) in [6.45, 7) is 3.45. The van der Waals surface area contributed by atoms with Gasteiger partial charge < -0.3 is 9.88 Å². The number of halogens is 1. The lowest BCUT2D eigenvalue weighted by molar-refractivity contribution is 0.385. The van der Waals surface area contributed by atoms with Crippen molar-refractivity contribution in [3.63, 3.8) is 0 Å². The van der Waals surface area contributed by atoms with Gasteiger partial charge in [0.2, 0.25) is 0 Å².